The van der Waals surface area contributed by atoms with Crippen LogP contribution in [0.5, 0.6) is 11.5 Å². The molecule has 0 bridgehead atoms. The number of esters is 1. The Balaban J connectivity index is 1.33. The Morgan fingerprint density at radius 1 is 0.963 bits per heavy atom. The molecule has 1 heterocycles. The number of carbonyl (C=O) groups is 4. The third-order valence-corrected chi connectivity index (χ3v) is 11.5. The Labute approximate surface area is 325 Å². The van der Waals surface area contributed by atoms with Gasteiger partial charge in [0, 0.05) is 32.7 Å². The molecule has 4 aromatic rings. The van der Waals surface area contributed by atoms with Crippen LogP contribution in [0.3, 0.4) is 0 Å². The first-order chi connectivity index (χ1) is 25.8. The van der Waals surface area contributed by atoms with Crippen LogP contribution < -0.4 is 25.4 Å². The van der Waals surface area contributed by atoms with Crippen molar-refractivity contribution in [3.63, 3.8) is 0 Å². The minimum Gasteiger partial charge on any atom is -0.497 e. The summed E-state index contributed by atoms with van der Waals surface area (Å²) in [6.45, 7) is 10.5. The van der Waals surface area contributed by atoms with Gasteiger partial charge in [0.2, 0.25) is 5.91 Å². The van der Waals surface area contributed by atoms with Gasteiger partial charge in [-0.05, 0) is 98.5 Å². The molecule has 3 amide bonds. The molecule has 1 aromatic heterocycles. The van der Waals surface area contributed by atoms with Crippen LogP contribution in [0.15, 0.2) is 83.4 Å². The number of rotatable bonds is 13. The van der Waals surface area contributed by atoms with Crippen LogP contribution in [0.25, 0.3) is 6.08 Å². The Morgan fingerprint density at radius 2 is 1.72 bits per heavy atom. The Hall–Kier alpha value is -5.07. The third kappa shape index (κ3) is 9.91. The minimum atomic E-state index is -0.563. The number of amides is 3. The summed E-state index contributed by atoms with van der Waals surface area (Å²) in [5.41, 5.74) is 2.96. The first kappa shape index (κ1) is 40.1. The summed E-state index contributed by atoms with van der Waals surface area (Å²) in [4.78, 5) is 55.6. The summed E-state index contributed by atoms with van der Waals surface area (Å²) >= 11 is 2.78. The summed E-state index contributed by atoms with van der Waals surface area (Å²) in [6.07, 6.45) is 4.13. The molecule has 3 N–H and O–H groups in total. The number of thiophene rings is 1. The summed E-state index contributed by atoms with van der Waals surface area (Å²) in [5.74, 6) is -0.196. The van der Waals surface area contributed by atoms with E-state index in [9.17, 15) is 19.2 Å². The molecule has 2 unspecified atom stereocenters. The molecule has 2 atom stereocenters. The van der Waals surface area contributed by atoms with E-state index in [4.69, 9.17) is 14.2 Å². The lowest BCUT2D eigenvalue weighted by atomic mass is 9.72. The van der Waals surface area contributed by atoms with E-state index in [1.807, 2.05) is 6.07 Å². The number of carbonyl (C=O) groups excluding carboxylic acids is 4. The SMILES string of the molecule is CCOC(=O)c1c(NC(=O)C(C)Sc2cccc(NC(=O)/C(=C\c3ccc(OC)cc3OC)NC(=O)c3ccccc3)c2)sc2c1CCC(C(C)(C)C)C2. The molecule has 0 fully saturated rings. The van der Waals surface area contributed by atoms with Crippen LogP contribution in [0.1, 0.15) is 77.8 Å². The zero-order valence-corrected chi connectivity index (χ0v) is 33.3. The van der Waals surface area contributed by atoms with Gasteiger partial charge in [0.25, 0.3) is 11.8 Å². The highest BCUT2D eigenvalue weighted by molar-refractivity contribution is 8.00. The van der Waals surface area contributed by atoms with Gasteiger partial charge in [-0.3, -0.25) is 14.4 Å². The zero-order valence-electron chi connectivity index (χ0n) is 31.7. The predicted octanol–water partition coefficient (Wildman–Crippen LogP) is 8.62. The highest BCUT2D eigenvalue weighted by Crippen LogP contribution is 2.45. The van der Waals surface area contributed by atoms with E-state index in [1.165, 1.54) is 36.3 Å². The van der Waals surface area contributed by atoms with E-state index < -0.39 is 23.0 Å². The van der Waals surface area contributed by atoms with Gasteiger partial charge in [0.05, 0.1) is 31.6 Å². The van der Waals surface area contributed by atoms with Crippen LogP contribution in [0.4, 0.5) is 10.7 Å². The standard InChI is InChI=1S/C42H47N3O7S2/c1-8-52-41(49)36-32-20-18-28(42(3,4)5)22-35(32)54-40(36)45-37(46)25(2)53-31-16-12-15-29(23-31)43-39(48)33(44-38(47)26-13-10-9-11-14-26)21-27-17-19-30(50-6)24-34(27)51-7/h9-17,19,21,23-25,28H,8,18,20,22H2,1-7H3,(H,43,48)(H,44,47)(H,45,46)/b33-21+. The second kappa shape index (κ2) is 17.8. The molecule has 0 saturated heterocycles. The number of benzene rings is 3. The number of hydrogen-bond acceptors (Lipinski definition) is 9. The molecule has 10 nitrogen and oxygen atoms in total. The number of nitrogens with one attached hydrogen (secondary N) is 3. The number of anilines is 2. The molecule has 1 aliphatic rings. The van der Waals surface area contributed by atoms with Crippen molar-refractivity contribution in [3.05, 3.63) is 106 Å². The fraction of sp³-hybridized carbons (Fsp3) is 0.333. The van der Waals surface area contributed by atoms with Crippen molar-refractivity contribution in [2.75, 3.05) is 31.5 Å². The zero-order chi connectivity index (χ0) is 39.0. The molecule has 0 saturated carbocycles. The number of fused-ring (bicyclic) bond motifs is 1. The van der Waals surface area contributed by atoms with Gasteiger partial charge in [0.1, 0.15) is 22.2 Å². The summed E-state index contributed by atoms with van der Waals surface area (Å²) < 4.78 is 16.3. The highest BCUT2D eigenvalue weighted by atomic mass is 32.2. The van der Waals surface area contributed by atoms with E-state index in [-0.39, 0.29) is 23.6 Å². The predicted molar refractivity (Wildman–Crippen MR) is 216 cm³/mol. The van der Waals surface area contributed by atoms with Crippen LogP contribution >= 0.6 is 23.1 Å². The van der Waals surface area contributed by atoms with E-state index in [0.717, 1.165) is 34.6 Å². The van der Waals surface area contributed by atoms with Gasteiger partial charge < -0.3 is 30.2 Å². The third-order valence-electron chi connectivity index (χ3n) is 9.25. The lowest BCUT2D eigenvalue weighted by Crippen LogP contribution is -2.30. The molecule has 3 aromatic carbocycles. The first-order valence-corrected chi connectivity index (χ1v) is 19.5. The number of methoxy groups -OCH3 is 2. The number of hydrogen-bond donors (Lipinski definition) is 3. The van der Waals surface area contributed by atoms with Crippen LogP contribution in [-0.4, -0.2) is 49.8 Å². The maximum Gasteiger partial charge on any atom is 0.341 e. The molecule has 54 heavy (non-hydrogen) atoms. The van der Waals surface area contributed by atoms with Crippen LogP contribution in [0.2, 0.25) is 0 Å². The van der Waals surface area contributed by atoms with Crippen molar-refractivity contribution < 1.29 is 33.4 Å². The molecule has 0 spiro atoms. The maximum absolute atomic E-state index is 13.8. The molecule has 0 aliphatic heterocycles. The van der Waals surface area contributed by atoms with Gasteiger partial charge in [0.15, 0.2) is 0 Å². The van der Waals surface area contributed by atoms with Crippen molar-refractivity contribution in [1.29, 1.82) is 0 Å². The monoisotopic (exact) mass is 769 g/mol. The fourth-order valence-electron chi connectivity index (χ4n) is 6.18. The lowest BCUT2D eigenvalue weighted by Gasteiger charge is -2.33. The van der Waals surface area contributed by atoms with Crippen molar-refractivity contribution in [2.45, 2.75) is 64.0 Å². The number of ether oxygens (including phenoxy) is 3. The van der Waals surface area contributed by atoms with E-state index in [0.29, 0.717) is 44.8 Å². The molecule has 1 aliphatic carbocycles. The average Bonchev–Trinajstić information content (AvgIpc) is 3.52. The molecule has 12 heteroatoms. The van der Waals surface area contributed by atoms with Crippen LogP contribution in [-0.2, 0) is 27.2 Å². The average molecular weight is 770 g/mol. The van der Waals surface area contributed by atoms with Gasteiger partial charge >= 0.3 is 5.97 Å². The smallest absolute Gasteiger partial charge is 0.341 e. The van der Waals surface area contributed by atoms with Gasteiger partial charge in [-0.15, -0.1) is 23.1 Å². The summed E-state index contributed by atoms with van der Waals surface area (Å²) in [5, 5.41) is 8.65. The van der Waals surface area contributed by atoms with E-state index in [1.54, 1.807) is 87.7 Å². The van der Waals surface area contributed by atoms with Crippen molar-refractivity contribution in [1.82, 2.24) is 5.32 Å². The molecular weight excluding hydrogens is 723 g/mol. The van der Waals surface area contributed by atoms with Crippen molar-refractivity contribution in [3.8, 4) is 11.5 Å². The van der Waals surface area contributed by atoms with Crippen molar-refractivity contribution >= 4 is 63.6 Å². The summed E-state index contributed by atoms with van der Waals surface area (Å²) in [7, 11) is 3.05. The molecule has 5 rings (SSSR count). The first-order valence-electron chi connectivity index (χ1n) is 17.8. The lowest BCUT2D eigenvalue weighted by molar-refractivity contribution is -0.115. The Morgan fingerprint density at radius 3 is 2.41 bits per heavy atom. The maximum atomic E-state index is 13.8. The quantitative estimate of drug-likeness (QED) is 0.0700. The molecular formula is C42H47N3O7S2. The van der Waals surface area contributed by atoms with E-state index in [2.05, 4.69) is 36.7 Å². The van der Waals surface area contributed by atoms with E-state index >= 15 is 0 Å². The highest BCUT2D eigenvalue weighted by Gasteiger charge is 2.35. The molecule has 284 valence electrons. The fourth-order valence-corrected chi connectivity index (χ4v) is 8.43. The topological polar surface area (TPSA) is 132 Å². The normalized spacial score (nSPS) is 14.6. The van der Waals surface area contributed by atoms with Gasteiger partial charge in [-0.2, -0.15) is 0 Å². The Kier molecular flexibility index (Phi) is 13.3. The Bertz CT molecular complexity index is 2030. The molecule has 0 radical (unpaired) electrons. The van der Waals surface area contributed by atoms with Crippen LogP contribution in [0, 0.1) is 11.3 Å². The minimum absolute atomic E-state index is 0.0111. The second-order valence-electron chi connectivity index (χ2n) is 14.0. The summed E-state index contributed by atoms with van der Waals surface area (Å²) in [6, 6.07) is 20.9. The van der Waals surface area contributed by atoms with Gasteiger partial charge in [-0.1, -0.05) is 45.0 Å². The largest absolute Gasteiger partial charge is 0.497 e. The number of thioether (sulfide) groups is 1. The second-order valence-corrected chi connectivity index (χ2v) is 16.5. The van der Waals surface area contributed by atoms with Gasteiger partial charge in [-0.25, -0.2) is 4.79 Å². The van der Waals surface area contributed by atoms with Crippen molar-refractivity contribution in [2.24, 2.45) is 11.3 Å².